The molecule has 1 aliphatic rings. The van der Waals surface area contributed by atoms with Crippen LogP contribution in [-0.4, -0.2) is 31.4 Å². The molecule has 0 radical (unpaired) electrons. The fourth-order valence-electron chi connectivity index (χ4n) is 3.17. The first-order valence-electron chi connectivity index (χ1n) is 8.84. The molecule has 0 aliphatic carbocycles. The zero-order chi connectivity index (χ0) is 20.7. The molecule has 0 aromatic heterocycles. The molecular weight excluding hydrogens is 383 g/mol. The lowest BCUT2D eigenvalue weighted by molar-refractivity contribution is 0.0672. The molecule has 0 fully saturated rings. The Labute approximate surface area is 164 Å². The van der Waals surface area contributed by atoms with E-state index in [1.807, 2.05) is 20.8 Å². The molecule has 0 spiro atoms. The van der Waals surface area contributed by atoms with Crippen LogP contribution in [-0.2, 0) is 10.0 Å². The Balaban J connectivity index is 1.86. The van der Waals surface area contributed by atoms with Crippen LogP contribution in [0.5, 0.6) is 5.75 Å². The van der Waals surface area contributed by atoms with Crippen LogP contribution in [0.2, 0.25) is 0 Å². The van der Waals surface area contributed by atoms with Crippen molar-refractivity contribution >= 4 is 16.1 Å². The normalized spacial score (nSPS) is 18.0. The van der Waals surface area contributed by atoms with Crippen molar-refractivity contribution in [3.8, 4) is 5.75 Å². The maximum atomic E-state index is 13.7. The van der Waals surface area contributed by atoms with Gasteiger partial charge in [-0.15, -0.1) is 0 Å². The third kappa shape index (κ3) is 3.96. The highest BCUT2D eigenvalue weighted by Crippen LogP contribution is 2.39. The summed E-state index contributed by atoms with van der Waals surface area (Å²) in [6.07, 6.45) is 0.369. The number of fused-ring (bicyclic) bond motifs is 1. The number of hydrogen-bond donors (Lipinski definition) is 1. The molecule has 0 saturated heterocycles. The van der Waals surface area contributed by atoms with Gasteiger partial charge >= 0.3 is 6.03 Å². The molecular formula is C20H23FN2O4S. The minimum absolute atomic E-state index is 0.0227. The maximum absolute atomic E-state index is 13.7. The summed E-state index contributed by atoms with van der Waals surface area (Å²) in [6.45, 7) is 5.55. The lowest BCUT2D eigenvalue weighted by Crippen LogP contribution is -2.46. The first kappa shape index (κ1) is 20.1. The molecule has 2 amide bonds. The number of sulfonamides is 1. The topological polar surface area (TPSA) is 75.7 Å². The zero-order valence-corrected chi connectivity index (χ0v) is 17.0. The highest BCUT2D eigenvalue weighted by atomic mass is 32.2. The first-order valence-corrected chi connectivity index (χ1v) is 10.3. The smallest absolute Gasteiger partial charge is 0.331 e. The average molecular weight is 406 g/mol. The van der Waals surface area contributed by atoms with Gasteiger partial charge in [0.15, 0.2) is 0 Å². The summed E-state index contributed by atoms with van der Waals surface area (Å²) in [6, 6.07) is 8.95. The van der Waals surface area contributed by atoms with Crippen LogP contribution in [0.25, 0.3) is 0 Å². The van der Waals surface area contributed by atoms with E-state index in [1.54, 1.807) is 12.1 Å². The molecule has 1 atom stereocenters. The number of aryl methyl sites for hydroxylation is 1. The van der Waals surface area contributed by atoms with E-state index in [1.165, 1.54) is 37.4 Å². The number of halogens is 1. The van der Waals surface area contributed by atoms with Gasteiger partial charge < -0.3 is 10.1 Å². The van der Waals surface area contributed by atoms with Crippen molar-refractivity contribution < 1.29 is 22.3 Å². The van der Waals surface area contributed by atoms with Crippen LogP contribution in [0.3, 0.4) is 0 Å². The van der Waals surface area contributed by atoms with Crippen LogP contribution >= 0.6 is 0 Å². The third-order valence-electron chi connectivity index (χ3n) is 4.69. The van der Waals surface area contributed by atoms with Gasteiger partial charge in [-0.05, 0) is 51.1 Å². The third-order valence-corrected chi connectivity index (χ3v) is 6.45. The summed E-state index contributed by atoms with van der Waals surface area (Å²) < 4.78 is 45.7. The maximum Gasteiger partial charge on any atom is 0.331 e. The second-order valence-corrected chi connectivity index (χ2v) is 9.50. The van der Waals surface area contributed by atoms with Crippen molar-refractivity contribution in [2.45, 2.75) is 43.7 Å². The SMILES string of the molecule is Cc1ccc(S(=O)(=O)N(C)C(=O)NC2CC(C)(C)Oc3ccc(F)cc32)cc1. The zero-order valence-electron chi connectivity index (χ0n) is 16.2. The molecule has 1 aliphatic heterocycles. The second-order valence-electron chi connectivity index (χ2n) is 7.54. The molecule has 2 aromatic rings. The molecule has 1 heterocycles. The summed E-state index contributed by atoms with van der Waals surface area (Å²) >= 11 is 0. The van der Waals surface area contributed by atoms with E-state index in [9.17, 15) is 17.6 Å². The van der Waals surface area contributed by atoms with Gasteiger partial charge in [0.2, 0.25) is 0 Å². The molecule has 3 rings (SSSR count). The van der Waals surface area contributed by atoms with Gasteiger partial charge in [-0.3, -0.25) is 0 Å². The summed E-state index contributed by atoms with van der Waals surface area (Å²) in [5, 5.41) is 2.71. The van der Waals surface area contributed by atoms with E-state index >= 15 is 0 Å². The van der Waals surface area contributed by atoms with Crippen molar-refractivity contribution in [3.05, 3.63) is 59.4 Å². The number of carbonyl (C=O) groups excluding carboxylic acids is 1. The number of amides is 2. The Morgan fingerprint density at radius 1 is 1.21 bits per heavy atom. The monoisotopic (exact) mass is 406 g/mol. The van der Waals surface area contributed by atoms with Crippen molar-refractivity contribution in [1.82, 2.24) is 9.62 Å². The van der Waals surface area contributed by atoms with Crippen molar-refractivity contribution in [1.29, 1.82) is 0 Å². The van der Waals surface area contributed by atoms with Crippen molar-refractivity contribution in [2.75, 3.05) is 7.05 Å². The quantitative estimate of drug-likeness (QED) is 0.842. The minimum atomic E-state index is -4.00. The Bertz CT molecular complexity index is 1000. The van der Waals surface area contributed by atoms with Crippen LogP contribution in [0.15, 0.2) is 47.4 Å². The van der Waals surface area contributed by atoms with Crippen LogP contribution in [0.1, 0.15) is 37.4 Å². The largest absolute Gasteiger partial charge is 0.487 e. The van der Waals surface area contributed by atoms with Crippen LogP contribution < -0.4 is 10.1 Å². The number of carbonyl (C=O) groups is 1. The Morgan fingerprint density at radius 3 is 2.50 bits per heavy atom. The molecule has 8 heteroatoms. The Kier molecular flexibility index (Phi) is 5.10. The number of urea groups is 1. The number of nitrogens with one attached hydrogen (secondary N) is 1. The fourth-order valence-corrected chi connectivity index (χ4v) is 4.24. The van der Waals surface area contributed by atoms with Gasteiger partial charge in [0.1, 0.15) is 17.2 Å². The van der Waals surface area contributed by atoms with Crippen LogP contribution in [0, 0.1) is 12.7 Å². The Morgan fingerprint density at radius 2 is 1.86 bits per heavy atom. The predicted octanol–water partition coefficient (Wildman–Crippen LogP) is 3.77. The van der Waals surface area contributed by atoms with E-state index < -0.39 is 33.5 Å². The summed E-state index contributed by atoms with van der Waals surface area (Å²) in [4.78, 5) is 12.7. The molecule has 28 heavy (non-hydrogen) atoms. The van der Waals surface area contributed by atoms with E-state index in [-0.39, 0.29) is 4.90 Å². The molecule has 6 nitrogen and oxygen atoms in total. The van der Waals surface area contributed by atoms with Gasteiger partial charge in [-0.25, -0.2) is 21.9 Å². The molecule has 0 saturated carbocycles. The van der Waals surface area contributed by atoms with Crippen molar-refractivity contribution in [2.24, 2.45) is 0 Å². The standard InChI is InChI=1S/C20H23FN2O4S/c1-13-5-8-15(9-6-13)28(25,26)23(4)19(24)22-17-12-20(2,3)27-18-10-7-14(21)11-16(17)18/h5-11,17H,12H2,1-4H3,(H,22,24). The lowest BCUT2D eigenvalue weighted by atomic mass is 9.90. The number of rotatable bonds is 3. The molecule has 0 bridgehead atoms. The molecule has 2 aromatic carbocycles. The summed E-state index contributed by atoms with van der Waals surface area (Å²) in [5.41, 5.74) is 0.792. The summed E-state index contributed by atoms with van der Waals surface area (Å²) in [7, 11) is -2.81. The minimum Gasteiger partial charge on any atom is -0.487 e. The van der Waals surface area contributed by atoms with Gasteiger partial charge in [-0.2, -0.15) is 0 Å². The fraction of sp³-hybridized carbons (Fsp3) is 0.350. The predicted molar refractivity (Wildman–Crippen MR) is 103 cm³/mol. The number of ether oxygens (including phenoxy) is 1. The van der Waals surface area contributed by atoms with Crippen LogP contribution in [0.4, 0.5) is 9.18 Å². The van der Waals surface area contributed by atoms with E-state index in [0.717, 1.165) is 5.56 Å². The molecule has 150 valence electrons. The van der Waals surface area contributed by atoms with E-state index in [2.05, 4.69) is 5.32 Å². The van der Waals surface area contributed by atoms with Gasteiger partial charge in [0.25, 0.3) is 10.0 Å². The number of benzene rings is 2. The summed E-state index contributed by atoms with van der Waals surface area (Å²) in [5.74, 6) is 0.00827. The van der Waals surface area contributed by atoms with Gasteiger partial charge in [0, 0.05) is 19.0 Å². The second kappa shape index (κ2) is 7.09. The number of nitrogens with zero attached hydrogens (tertiary/aromatic N) is 1. The number of hydrogen-bond acceptors (Lipinski definition) is 4. The lowest BCUT2D eigenvalue weighted by Gasteiger charge is -2.38. The Hall–Kier alpha value is -2.61. The molecule has 1 unspecified atom stereocenters. The van der Waals surface area contributed by atoms with Crippen molar-refractivity contribution in [3.63, 3.8) is 0 Å². The highest BCUT2D eigenvalue weighted by molar-refractivity contribution is 7.89. The van der Waals surface area contributed by atoms with Gasteiger partial charge in [0.05, 0.1) is 10.9 Å². The first-order chi connectivity index (χ1) is 13.0. The molecule has 1 N–H and O–H groups in total. The van der Waals surface area contributed by atoms with Gasteiger partial charge in [-0.1, -0.05) is 17.7 Å². The highest BCUT2D eigenvalue weighted by Gasteiger charge is 2.36. The average Bonchev–Trinajstić information content (AvgIpc) is 2.61. The van der Waals surface area contributed by atoms with E-state index in [4.69, 9.17) is 4.74 Å². The van der Waals surface area contributed by atoms with E-state index in [0.29, 0.717) is 22.0 Å².